The van der Waals surface area contributed by atoms with E-state index in [0.717, 1.165) is 133 Å². The van der Waals surface area contributed by atoms with Crippen LogP contribution in [0.15, 0.2) is 215 Å². The van der Waals surface area contributed by atoms with Gasteiger partial charge in [0.25, 0.3) is 0 Å². The fourth-order valence-electron chi connectivity index (χ4n) is 10.9. The average molecular weight is 844 g/mol. The third-order valence-electron chi connectivity index (χ3n) is 13.9. The summed E-state index contributed by atoms with van der Waals surface area (Å²) in [4.78, 5) is 0. The average Bonchev–Trinajstić information content (AvgIpc) is 4.06. The third-order valence-corrected chi connectivity index (χ3v) is 13.9. The van der Waals surface area contributed by atoms with Gasteiger partial charge in [0, 0.05) is 43.4 Å². The van der Waals surface area contributed by atoms with E-state index in [2.05, 4.69) is 180 Å². The molecule has 5 heterocycles. The van der Waals surface area contributed by atoms with Gasteiger partial charge in [0.05, 0.1) is 22.1 Å². The number of benzene rings is 10. The van der Waals surface area contributed by atoms with Crippen LogP contribution in [0, 0.1) is 0 Å². The number of nitrogens with zero attached hydrogens (tertiary/aromatic N) is 1. The molecule has 2 aliphatic heterocycles. The van der Waals surface area contributed by atoms with Crippen molar-refractivity contribution in [2.24, 2.45) is 0 Å². The van der Waals surface area contributed by atoms with Crippen molar-refractivity contribution in [3.63, 3.8) is 0 Å². The van der Waals surface area contributed by atoms with Crippen LogP contribution in [-0.4, -0.2) is 11.5 Å². The minimum absolute atomic E-state index is 0.346. The first-order valence-electron chi connectivity index (χ1n) is 22.4. The number of ether oxygens (including phenoxy) is 1. The molecule has 66 heavy (non-hydrogen) atoms. The quantitative estimate of drug-likeness (QED) is 0.166. The second-order valence-electron chi connectivity index (χ2n) is 17.5. The van der Waals surface area contributed by atoms with Crippen LogP contribution in [-0.2, 0) is 0 Å². The Morgan fingerprint density at radius 2 is 0.970 bits per heavy atom. The van der Waals surface area contributed by atoms with Crippen molar-refractivity contribution in [3.05, 3.63) is 206 Å². The number of aromatic nitrogens is 1. The van der Waals surface area contributed by atoms with Gasteiger partial charge in [-0.25, -0.2) is 0 Å². The summed E-state index contributed by atoms with van der Waals surface area (Å²) < 4.78 is 29.4. The van der Waals surface area contributed by atoms with Crippen molar-refractivity contribution in [2.75, 3.05) is 0 Å². The van der Waals surface area contributed by atoms with Gasteiger partial charge < -0.3 is 22.8 Å². The lowest BCUT2D eigenvalue weighted by Crippen LogP contribution is -2.53. The van der Waals surface area contributed by atoms with Crippen LogP contribution >= 0.6 is 0 Å². The van der Waals surface area contributed by atoms with Gasteiger partial charge in [0.15, 0.2) is 0 Å². The smallest absolute Gasteiger partial charge is 0.434 e. The zero-order valence-corrected chi connectivity index (χ0v) is 35.3. The Hall–Kier alpha value is -8.74. The summed E-state index contributed by atoms with van der Waals surface area (Å²) in [5, 5.41) is 6.83. The van der Waals surface area contributed by atoms with Gasteiger partial charge in [-0.05, 0) is 112 Å². The standard InChI is InChI=1S/C60H34BNO4/c1-6-21-48-41(15-1)42-16-2-7-22-49(42)62(48)50-31-39(33-56-59(50)45-18-4-9-24-52(45)64-56)38-30-46-43-28-27-36(32-55(43)66-61-47-20-5-10-25-53(47)65-57(34-38)60(46)61)35-13-11-14-37(29-35)40-19-12-26-54-58(40)44-17-3-8-23-51(44)63-54/h1-34H. The number of hydrogen-bond acceptors (Lipinski definition) is 4. The summed E-state index contributed by atoms with van der Waals surface area (Å²) in [6.45, 7) is -0.346. The Morgan fingerprint density at radius 1 is 0.348 bits per heavy atom. The summed E-state index contributed by atoms with van der Waals surface area (Å²) >= 11 is 0. The normalized spacial score (nSPS) is 12.8. The number of para-hydroxylation sites is 5. The molecule has 0 amide bonds. The van der Waals surface area contributed by atoms with E-state index in [1.165, 1.54) is 10.8 Å². The predicted molar refractivity (Wildman–Crippen MR) is 269 cm³/mol. The molecular formula is C60H34BNO4. The summed E-state index contributed by atoms with van der Waals surface area (Å²) in [7, 11) is 0. The molecule has 10 aromatic carbocycles. The van der Waals surface area contributed by atoms with E-state index >= 15 is 0 Å². The van der Waals surface area contributed by atoms with Crippen molar-refractivity contribution < 1.29 is 18.2 Å². The Morgan fingerprint density at radius 3 is 1.79 bits per heavy atom. The highest BCUT2D eigenvalue weighted by Crippen LogP contribution is 2.46. The van der Waals surface area contributed by atoms with Gasteiger partial charge in [-0.3, -0.25) is 0 Å². The predicted octanol–water partition coefficient (Wildman–Crippen LogP) is 14.9. The van der Waals surface area contributed by atoms with E-state index in [4.69, 9.17) is 18.2 Å². The maximum absolute atomic E-state index is 7.11. The van der Waals surface area contributed by atoms with Gasteiger partial charge in [-0.1, -0.05) is 133 Å². The Balaban J connectivity index is 0.923. The summed E-state index contributed by atoms with van der Waals surface area (Å²) in [5.74, 6) is 2.42. The van der Waals surface area contributed by atoms with Crippen molar-refractivity contribution in [1.82, 2.24) is 4.57 Å². The molecule has 0 aliphatic carbocycles. The second-order valence-corrected chi connectivity index (χ2v) is 17.5. The topological polar surface area (TPSA) is 49.7 Å². The van der Waals surface area contributed by atoms with Gasteiger partial charge in [0.1, 0.15) is 39.6 Å². The molecule has 0 atom stereocenters. The molecular weight excluding hydrogens is 809 g/mol. The second kappa shape index (κ2) is 13.4. The van der Waals surface area contributed by atoms with E-state index < -0.39 is 0 Å². The van der Waals surface area contributed by atoms with Gasteiger partial charge in [0.2, 0.25) is 0 Å². The summed E-state index contributed by atoms with van der Waals surface area (Å²) in [6.07, 6.45) is 0. The molecule has 0 saturated heterocycles. The molecule has 0 saturated carbocycles. The lowest BCUT2D eigenvalue weighted by Gasteiger charge is -2.33. The lowest BCUT2D eigenvalue weighted by atomic mass is 9.50. The number of hydrogen-bond donors (Lipinski definition) is 0. The fraction of sp³-hybridized carbons (Fsp3) is 0. The first kappa shape index (κ1) is 35.7. The van der Waals surface area contributed by atoms with E-state index in [1.54, 1.807) is 0 Å². The molecule has 2 aliphatic rings. The molecule has 5 nitrogen and oxygen atoms in total. The number of fused-ring (bicyclic) bond motifs is 13. The molecule has 6 heteroatoms. The van der Waals surface area contributed by atoms with E-state index in [1.807, 2.05) is 30.3 Å². The lowest BCUT2D eigenvalue weighted by molar-refractivity contribution is 0.479. The Kier molecular flexibility index (Phi) is 7.24. The third kappa shape index (κ3) is 5.06. The van der Waals surface area contributed by atoms with Crippen LogP contribution in [0.4, 0.5) is 0 Å². The van der Waals surface area contributed by atoms with Crippen LogP contribution in [0.5, 0.6) is 17.2 Å². The van der Waals surface area contributed by atoms with Crippen LogP contribution in [0.25, 0.3) is 116 Å². The minimum atomic E-state index is -0.346. The van der Waals surface area contributed by atoms with Crippen molar-refractivity contribution in [3.8, 4) is 67.4 Å². The molecule has 3 aromatic heterocycles. The van der Waals surface area contributed by atoms with E-state index in [9.17, 15) is 0 Å². The Labute approximate surface area is 378 Å². The SMILES string of the molecule is c1cc(-c2ccc3c(c2)OB2c4ccccc4Oc4cc(-c5cc(-n6c7ccccc7c7ccccc76)c6c(c5)oc5ccccc56)cc-3c42)cc(-c2cccc3oc4ccccc4c23)c1. The molecule has 0 radical (unpaired) electrons. The molecule has 0 spiro atoms. The molecule has 15 rings (SSSR count). The maximum atomic E-state index is 7.11. The minimum Gasteiger partial charge on any atom is -0.551 e. The first-order chi connectivity index (χ1) is 32.7. The first-order valence-corrected chi connectivity index (χ1v) is 22.4. The van der Waals surface area contributed by atoms with E-state index in [-0.39, 0.29) is 6.92 Å². The van der Waals surface area contributed by atoms with Gasteiger partial charge >= 0.3 is 6.92 Å². The van der Waals surface area contributed by atoms with Crippen molar-refractivity contribution in [1.29, 1.82) is 0 Å². The monoisotopic (exact) mass is 843 g/mol. The molecule has 13 aromatic rings. The summed E-state index contributed by atoms with van der Waals surface area (Å²) in [6, 6.07) is 72.9. The van der Waals surface area contributed by atoms with Crippen LogP contribution < -0.4 is 20.3 Å². The fourth-order valence-corrected chi connectivity index (χ4v) is 10.9. The highest BCUT2D eigenvalue weighted by Gasteiger charge is 2.41. The van der Waals surface area contributed by atoms with Gasteiger partial charge in [-0.15, -0.1) is 0 Å². The Bertz CT molecular complexity index is 4160. The highest BCUT2D eigenvalue weighted by molar-refractivity contribution is 6.84. The van der Waals surface area contributed by atoms with Crippen LogP contribution in [0.1, 0.15) is 0 Å². The molecule has 0 bridgehead atoms. The van der Waals surface area contributed by atoms with Crippen molar-refractivity contribution >= 4 is 83.5 Å². The number of furan rings is 2. The molecule has 0 unspecified atom stereocenters. The van der Waals surface area contributed by atoms with Crippen LogP contribution in [0.3, 0.4) is 0 Å². The zero-order valence-electron chi connectivity index (χ0n) is 35.3. The molecule has 306 valence electrons. The van der Waals surface area contributed by atoms with Gasteiger partial charge in [-0.2, -0.15) is 0 Å². The molecule has 0 fully saturated rings. The van der Waals surface area contributed by atoms with E-state index in [0.29, 0.717) is 0 Å². The highest BCUT2D eigenvalue weighted by atomic mass is 16.5. The van der Waals surface area contributed by atoms with Crippen LogP contribution in [0.2, 0.25) is 0 Å². The molecule has 0 N–H and O–H groups in total. The zero-order chi connectivity index (χ0) is 43.0. The largest absolute Gasteiger partial charge is 0.551 e. The summed E-state index contributed by atoms with van der Waals surface area (Å²) in [5.41, 5.74) is 17.5. The number of rotatable bonds is 4. The van der Waals surface area contributed by atoms with Crippen molar-refractivity contribution in [2.45, 2.75) is 0 Å². The maximum Gasteiger partial charge on any atom is 0.434 e.